The number of hydrogen-bond acceptors (Lipinski definition) is 1. The minimum absolute atomic E-state index is 0.285. The van der Waals surface area contributed by atoms with Crippen LogP contribution in [-0.2, 0) is 4.74 Å². The molecule has 0 aliphatic heterocycles. The smallest absolute Gasteiger partial charge is 0.0753 e. The molecule has 0 spiro atoms. The van der Waals surface area contributed by atoms with Crippen LogP contribution >= 0.6 is 0 Å². The SMILES string of the molecule is C=CC(CCCCCCCCCCCCCC)OCCC. The van der Waals surface area contributed by atoms with Crippen molar-refractivity contribution in [2.24, 2.45) is 0 Å². The molecule has 0 aliphatic carbocycles. The van der Waals surface area contributed by atoms with Crippen molar-refractivity contribution in [2.45, 2.75) is 110 Å². The highest BCUT2D eigenvalue weighted by atomic mass is 16.5. The lowest BCUT2D eigenvalue weighted by molar-refractivity contribution is 0.0783. The standard InChI is InChI=1S/C20H40O/c1-4-7-8-9-10-11-12-13-14-15-16-17-18-20(6-3)21-19-5-2/h6,20H,3-5,7-19H2,1-2H3. The third-order valence-corrected chi connectivity index (χ3v) is 4.14. The van der Waals surface area contributed by atoms with Crippen molar-refractivity contribution in [2.75, 3.05) is 6.61 Å². The molecule has 0 radical (unpaired) electrons. The average molecular weight is 297 g/mol. The highest BCUT2D eigenvalue weighted by molar-refractivity contribution is 4.79. The third-order valence-electron chi connectivity index (χ3n) is 4.14. The van der Waals surface area contributed by atoms with Crippen LogP contribution in [0.2, 0.25) is 0 Å². The van der Waals surface area contributed by atoms with Crippen LogP contribution in [0.3, 0.4) is 0 Å². The summed E-state index contributed by atoms with van der Waals surface area (Å²) in [5.74, 6) is 0. The molecule has 0 bridgehead atoms. The molecule has 0 fully saturated rings. The van der Waals surface area contributed by atoms with Gasteiger partial charge >= 0.3 is 0 Å². The zero-order chi connectivity index (χ0) is 15.6. The van der Waals surface area contributed by atoms with Gasteiger partial charge in [0.25, 0.3) is 0 Å². The molecule has 1 unspecified atom stereocenters. The Balaban J connectivity index is 3.16. The monoisotopic (exact) mass is 296 g/mol. The summed E-state index contributed by atoms with van der Waals surface area (Å²) in [6, 6.07) is 0. The fraction of sp³-hybridized carbons (Fsp3) is 0.900. The Kier molecular flexibility index (Phi) is 17.5. The molecule has 0 aromatic rings. The fourth-order valence-electron chi connectivity index (χ4n) is 2.72. The predicted molar refractivity (Wildman–Crippen MR) is 95.9 cm³/mol. The first-order chi connectivity index (χ1) is 10.3. The van der Waals surface area contributed by atoms with Crippen molar-refractivity contribution in [1.82, 2.24) is 0 Å². The second-order valence-electron chi connectivity index (χ2n) is 6.32. The molecule has 0 heterocycles. The van der Waals surface area contributed by atoms with E-state index in [1.54, 1.807) is 0 Å². The summed E-state index contributed by atoms with van der Waals surface area (Å²) in [6.07, 6.45) is 21.4. The maximum Gasteiger partial charge on any atom is 0.0753 e. The second-order valence-corrected chi connectivity index (χ2v) is 6.32. The summed E-state index contributed by atoms with van der Waals surface area (Å²) in [4.78, 5) is 0. The number of ether oxygens (including phenoxy) is 1. The number of unbranched alkanes of at least 4 members (excludes halogenated alkanes) is 11. The first-order valence-electron chi connectivity index (χ1n) is 9.59. The quantitative estimate of drug-likeness (QED) is 0.206. The topological polar surface area (TPSA) is 9.23 Å². The van der Waals surface area contributed by atoms with Gasteiger partial charge in [0, 0.05) is 6.61 Å². The molecule has 0 saturated carbocycles. The van der Waals surface area contributed by atoms with Gasteiger partial charge in [0.15, 0.2) is 0 Å². The van der Waals surface area contributed by atoms with E-state index in [4.69, 9.17) is 4.74 Å². The molecule has 0 N–H and O–H groups in total. The van der Waals surface area contributed by atoms with Crippen LogP contribution in [0.5, 0.6) is 0 Å². The summed E-state index contributed by atoms with van der Waals surface area (Å²) in [7, 11) is 0. The first kappa shape index (κ1) is 20.7. The maximum absolute atomic E-state index is 5.72. The third kappa shape index (κ3) is 15.9. The van der Waals surface area contributed by atoms with Gasteiger partial charge in [-0.15, -0.1) is 6.58 Å². The van der Waals surface area contributed by atoms with E-state index in [1.165, 1.54) is 77.0 Å². The Morgan fingerprint density at radius 3 is 1.62 bits per heavy atom. The van der Waals surface area contributed by atoms with Gasteiger partial charge in [-0.3, -0.25) is 0 Å². The van der Waals surface area contributed by atoms with E-state index in [0.29, 0.717) is 0 Å². The average Bonchev–Trinajstić information content (AvgIpc) is 2.51. The minimum Gasteiger partial charge on any atom is -0.374 e. The second kappa shape index (κ2) is 17.8. The lowest BCUT2D eigenvalue weighted by atomic mass is 10.0. The summed E-state index contributed by atoms with van der Waals surface area (Å²) in [6.45, 7) is 9.18. The van der Waals surface area contributed by atoms with Crippen molar-refractivity contribution >= 4 is 0 Å². The van der Waals surface area contributed by atoms with Crippen LogP contribution in [0.15, 0.2) is 12.7 Å². The maximum atomic E-state index is 5.72. The van der Waals surface area contributed by atoms with Crippen molar-refractivity contribution in [3.8, 4) is 0 Å². The van der Waals surface area contributed by atoms with Crippen LogP contribution in [0.25, 0.3) is 0 Å². The molecular formula is C20H40O. The Morgan fingerprint density at radius 2 is 1.19 bits per heavy atom. The summed E-state index contributed by atoms with van der Waals surface area (Å²) in [5, 5.41) is 0. The van der Waals surface area contributed by atoms with Gasteiger partial charge in [-0.25, -0.2) is 0 Å². The Bertz CT molecular complexity index is 200. The lowest BCUT2D eigenvalue weighted by Gasteiger charge is -2.12. The summed E-state index contributed by atoms with van der Waals surface area (Å²) >= 11 is 0. The zero-order valence-electron chi connectivity index (χ0n) is 14.9. The van der Waals surface area contributed by atoms with E-state index in [1.807, 2.05) is 6.08 Å². The molecule has 1 atom stereocenters. The van der Waals surface area contributed by atoms with Crippen LogP contribution in [0, 0.1) is 0 Å². The van der Waals surface area contributed by atoms with Crippen molar-refractivity contribution < 1.29 is 4.74 Å². The van der Waals surface area contributed by atoms with E-state index < -0.39 is 0 Å². The molecule has 0 rings (SSSR count). The van der Waals surface area contributed by atoms with E-state index in [2.05, 4.69) is 20.4 Å². The highest BCUT2D eigenvalue weighted by Crippen LogP contribution is 2.14. The van der Waals surface area contributed by atoms with Crippen LogP contribution in [0.4, 0.5) is 0 Å². The van der Waals surface area contributed by atoms with Crippen molar-refractivity contribution in [3.63, 3.8) is 0 Å². The minimum atomic E-state index is 0.285. The molecule has 0 aromatic carbocycles. The Morgan fingerprint density at radius 1 is 0.714 bits per heavy atom. The zero-order valence-corrected chi connectivity index (χ0v) is 14.9. The summed E-state index contributed by atoms with van der Waals surface area (Å²) < 4.78 is 5.72. The molecule has 0 amide bonds. The molecule has 0 aliphatic rings. The molecule has 0 aromatic heterocycles. The normalized spacial score (nSPS) is 12.5. The molecule has 0 saturated heterocycles. The number of rotatable bonds is 17. The van der Waals surface area contributed by atoms with Gasteiger partial charge in [0.05, 0.1) is 6.10 Å². The predicted octanol–water partition coefficient (Wildman–Crippen LogP) is 7.06. The van der Waals surface area contributed by atoms with Crippen LogP contribution in [0.1, 0.15) is 104 Å². The van der Waals surface area contributed by atoms with E-state index >= 15 is 0 Å². The van der Waals surface area contributed by atoms with E-state index in [0.717, 1.165) is 19.4 Å². The van der Waals surface area contributed by atoms with Crippen LogP contribution < -0.4 is 0 Å². The number of hydrogen-bond donors (Lipinski definition) is 0. The van der Waals surface area contributed by atoms with E-state index in [-0.39, 0.29) is 6.10 Å². The van der Waals surface area contributed by atoms with Gasteiger partial charge in [0.1, 0.15) is 0 Å². The summed E-state index contributed by atoms with van der Waals surface area (Å²) in [5.41, 5.74) is 0. The lowest BCUT2D eigenvalue weighted by Crippen LogP contribution is -2.09. The molecule has 1 nitrogen and oxygen atoms in total. The van der Waals surface area contributed by atoms with Gasteiger partial charge in [0.2, 0.25) is 0 Å². The highest BCUT2D eigenvalue weighted by Gasteiger charge is 2.03. The van der Waals surface area contributed by atoms with Gasteiger partial charge < -0.3 is 4.74 Å². The molecular weight excluding hydrogens is 256 g/mol. The Hall–Kier alpha value is -0.300. The molecule has 126 valence electrons. The fourth-order valence-corrected chi connectivity index (χ4v) is 2.72. The Labute approximate surface area is 134 Å². The van der Waals surface area contributed by atoms with Gasteiger partial charge in [-0.05, 0) is 12.8 Å². The largest absolute Gasteiger partial charge is 0.374 e. The van der Waals surface area contributed by atoms with Crippen molar-refractivity contribution in [3.05, 3.63) is 12.7 Å². The van der Waals surface area contributed by atoms with E-state index in [9.17, 15) is 0 Å². The van der Waals surface area contributed by atoms with Crippen LogP contribution in [-0.4, -0.2) is 12.7 Å². The molecule has 21 heavy (non-hydrogen) atoms. The molecule has 1 heteroatoms. The first-order valence-corrected chi connectivity index (χ1v) is 9.59. The van der Waals surface area contributed by atoms with Gasteiger partial charge in [-0.1, -0.05) is 97.0 Å². The van der Waals surface area contributed by atoms with Gasteiger partial charge in [-0.2, -0.15) is 0 Å². The van der Waals surface area contributed by atoms with Crippen molar-refractivity contribution in [1.29, 1.82) is 0 Å².